The monoisotopic (exact) mass is 512 g/mol. The van der Waals surface area contributed by atoms with E-state index in [2.05, 4.69) is 22.3 Å². The molecule has 2 aromatic carbocycles. The number of rotatable bonds is 11. The Labute approximate surface area is 220 Å². The molecule has 0 spiro atoms. The molecule has 2 aromatic rings. The van der Waals surface area contributed by atoms with Crippen LogP contribution in [-0.4, -0.2) is 71.8 Å². The fourth-order valence-corrected chi connectivity index (χ4v) is 4.92. The zero-order valence-corrected chi connectivity index (χ0v) is 22.4. The number of piperidine rings is 1. The third kappa shape index (κ3) is 6.94. The highest BCUT2D eigenvalue weighted by Crippen LogP contribution is 2.35. The minimum atomic E-state index is -0.324. The van der Waals surface area contributed by atoms with Crippen molar-refractivity contribution in [3.8, 4) is 11.5 Å². The van der Waals surface area contributed by atoms with Crippen LogP contribution in [0.4, 0.5) is 5.69 Å². The number of carbonyl (C=O) groups is 1. The normalized spacial score (nSPS) is 21.3. The summed E-state index contributed by atoms with van der Waals surface area (Å²) in [5.74, 6) is 1.21. The molecule has 8 heteroatoms. The first-order chi connectivity index (χ1) is 18.0. The van der Waals surface area contributed by atoms with Crippen molar-refractivity contribution in [2.75, 3.05) is 58.5 Å². The first-order valence-electron chi connectivity index (χ1n) is 13.2. The number of carbonyl (C=O) groups excluding carboxylic acids is 1. The van der Waals surface area contributed by atoms with Gasteiger partial charge in [0.05, 0.1) is 38.0 Å². The molecule has 4 rings (SSSR count). The van der Waals surface area contributed by atoms with E-state index in [1.54, 1.807) is 14.2 Å². The molecule has 2 aliphatic heterocycles. The molecule has 8 nitrogen and oxygen atoms in total. The van der Waals surface area contributed by atoms with Crippen LogP contribution in [0.3, 0.4) is 0 Å². The molecule has 3 atom stereocenters. The molecular weight excluding hydrogens is 472 g/mol. The second-order valence-corrected chi connectivity index (χ2v) is 9.92. The van der Waals surface area contributed by atoms with Gasteiger partial charge < -0.3 is 33.9 Å². The quantitative estimate of drug-likeness (QED) is 0.360. The van der Waals surface area contributed by atoms with Gasteiger partial charge in [0.1, 0.15) is 24.2 Å². The topological polar surface area (TPSA) is 78.5 Å². The van der Waals surface area contributed by atoms with Crippen molar-refractivity contribution in [1.82, 2.24) is 5.32 Å². The van der Waals surface area contributed by atoms with Gasteiger partial charge >= 0.3 is 5.97 Å². The van der Waals surface area contributed by atoms with Crippen LogP contribution in [0.25, 0.3) is 0 Å². The van der Waals surface area contributed by atoms with Crippen LogP contribution in [0.1, 0.15) is 37.3 Å². The number of nitrogens with zero attached hydrogens (tertiary/aromatic N) is 1. The number of fused-ring (bicyclic) bond motifs is 1. The summed E-state index contributed by atoms with van der Waals surface area (Å²) in [6, 6.07) is 14.2. The van der Waals surface area contributed by atoms with Gasteiger partial charge in [-0.25, -0.2) is 0 Å². The molecule has 37 heavy (non-hydrogen) atoms. The molecule has 3 unspecified atom stereocenters. The molecule has 0 aliphatic carbocycles. The highest BCUT2D eigenvalue weighted by molar-refractivity contribution is 5.71. The zero-order chi connectivity index (χ0) is 26.2. The van der Waals surface area contributed by atoms with Gasteiger partial charge in [-0.15, -0.1) is 0 Å². The lowest BCUT2D eigenvalue weighted by Gasteiger charge is -2.38. The molecule has 0 aromatic heterocycles. The molecule has 0 amide bonds. The Hall–Kier alpha value is -2.81. The Balaban J connectivity index is 1.51. The van der Waals surface area contributed by atoms with Crippen molar-refractivity contribution >= 4 is 11.7 Å². The van der Waals surface area contributed by atoms with Crippen LogP contribution in [0, 0.1) is 5.92 Å². The standard InChI is InChI=1S/C29H40N2O6/c1-20(2)29(32)37-27-18-30-17-26(28(27)22-7-9-23(34-4)10-8-22)36-19-21-6-11-25-24(16-21)31(13-15-35-25)12-5-14-33-3/h6-11,16,20,26-28,30H,5,12-15,17-19H2,1-4H3. The van der Waals surface area contributed by atoms with E-state index in [0.29, 0.717) is 26.3 Å². The van der Waals surface area contributed by atoms with Crippen LogP contribution >= 0.6 is 0 Å². The predicted octanol–water partition coefficient (Wildman–Crippen LogP) is 3.77. The minimum absolute atomic E-state index is 0.0960. The lowest BCUT2D eigenvalue weighted by molar-refractivity contribution is -0.158. The van der Waals surface area contributed by atoms with Gasteiger partial charge in [-0.1, -0.05) is 32.0 Å². The van der Waals surface area contributed by atoms with E-state index in [9.17, 15) is 4.79 Å². The molecule has 202 valence electrons. The zero-order valence-electron chi connectivity index (χ0n) is 22.4. The van der Waals surface area contributed by atoms with Crippen molar-refractivity contribution in [2.24, 2.45) is 5.92 Å². The van der Waals surface area contributed by atoms with Gasteiger partial charge in [0.2, 0.25) is 0 Å². The summed E-state index contributed by atoms with van der Waals surface area (Å²) in [7, 11) is 3.39. The fourth-order valence-electron chi connectivity index (χ4n) is 4.92. The molecule has 2 heterocycles. The first-order valence-corrected chi connectivity index (χ1v) is 13.2. The van der Waals surface area contributed by atoms with Gasteiger partial charge in [-0.3, -0.25) is 4.79 Å². The third-order valence-electron chi connectivity index (χ3n) is 6.96. The summed E-state index contributed by atoms with van der Waals surface area (Å²) >= 11 is 0. The van der Waals surface area contributed by atoms with E-state index < -0.39 is 0 Å². The fraction of sp³-hybridized carbons (Fsp3) is 0.552. The van der Waals surface area contributed by atoms with Crippen LogP contribution in [0.5, 0.6) is 11.5 Å². The Bertz CT molecular complexity index is 1010. The number of hydrogen-bond acceptors (Lipinski definition) is 8. The van der Waals surface area contributed by atoms with Gasteiger partial charge in [-0.05, 0) is 41.8 Å². The molecular formula is C29H40N2O6. The summed E-state index contributed by atoms with van der Waals surface area (Å²) in [4.78, 5) is 14.9. The predicted molar refractivity (Wildman–Crippen MR) is 143 cm³/mol. The molecule has 1 saturated heterocycles. The molecule has 0 radical (unpaired) electrons. The van der Waals surface area contributed by atoms with Crippen molar-refractivity contribution in [2.45, 2.75) is 45.0 Å². The Morgan fingerprint density at radius 3 is 2.62 bits per heavy atom. The van der Waals surface area contributed by atoms with E-state index >= 15 is 0 Å². The van der Waals surface area contributed by atoms with Crippen molar-refractivity contribution < 1.29 is 28.5 Å². The average Bonchev–Trinajstić information content (AvgIpc) is 2.92. The Kier molecular flexibility index (Phi) is 9.66. The second kappa shape index (κ2) is 13.1. The first kappa shape index (κ1) is 27.2. The lowest BCUT2D eigenvalue weighted by atomic mass is 9.85. The van der Waals surface area contributed by atoms with E-state index in [-0.39, 0.29) is 30.0 Å². The van der Waals surface area contributed by atoms with Crippen LogP contribution in [0.2, 0.25) is 0 Å². The summed E-state index contributed by atoms with van der Waals surface area (Å²) in [6.45, 7) is 8.61. The van der Waals surface area contributed by atoms with Crippen molar-refractivity contribution in [3.63, 3.8) is 0 Å². The summed E-state index contributed by atoms with van der Waals surface area (Å²) in [6.07, 6.45) is 0.470. The van der Waals surface area contributed by atoms with Crippen LogP contribution < -0.4 is 19.7 Å². The highest BCUT2D eigenvalue weighted by atomic mass is 16.5. The van der Waals surface area contributed by atoms with Gasteiger partial charge in [0.25, 0.3) is 0 Å². The van der Waals surface area contributed by atoms with E-state index in [0.717, 1.165) is 54.4 Å². The SMILES string of the molecule is COCCCN1CCOc2ccc(COC3CNCC(OC(=O)C(C)C)C3c3ccc(OC)cc3)cc21. The molecule has 0 saturated carbocycles. The highest BCUT2D eigenvalue weighted by Gasteiger charge is 2.38. The maximum absolute atomic E-state index is 12.5. The maximum Gasteiger partial charge on any atom is 0.308 e. The van der Waals surface area contributed by atoms with E-state index in [4.69, 9.17) is 23.7 Å². The van der Waals surface area contributed by atoms with Crippen LogP contribution in [-0.2, 0) is 25.6 Å². The second-order valence-electron chi connectivity index (χ2n) is 9.92. The molecule has 0 bridgehead atoms. The van der Waals surface area contributed by atoms with E-state index in [1.165, 1.54) is 0 Å². The Morgan fingerprint density at radius 2 is 1.89 bits per heavy atom. The third-order valence-corrected chi connectivity index (χ3v) is 6.96. The van der Waals surface area contributed by atoms with E-state index in [1.807, 2.05) is 44.2 Å². The molecule has 2 aliphatic rings. The number of hydrogen-bond donors (Lipinski definition) is 1. The average molecular weight is 513 g/mol. The lowest BCUT2D eigenvalue weighted by Crippen LogP contribution is -2.51. The number of ether oxygens (including phenoxy) is 5. The number of anilines is 1. The number of benzene rings is 2. The number of esters is 1. The molecule has 1 fully saturated rings. The summed E-state index contributed by atoms with van der Waals surface area (Å²) in [5.41, 5.74) is 3.24. The number of methoxy groups -OCH3 is 2. The molecule has 1 N–H and O–H groups in total. The van der Waals surface area contributed by atoms with Crippen molar-refractivity contribution in [3.05, 3.63) is 53.6 Å². The number of nitrogens with one attached hydrogen (secondary N) is 1. The van der Waals surface area contributed by atoms with Crippen molar-refractivity contribution in [1.29, 1.82) is 0 Å². The smallest absolute Gasteiger partial charge is 0.308 e. The van der Waals surface area contributed by atoms with Gasteiger partial charge in [0.15, 0.2) is 0 Å². The maximum atomic E-state index is 12.5. The Morgan fingerprint density at radius 1 is 1.11 bits per heavy atom. The van der Waals surface area contributed by atoms with Gasteiger partial charge in [-0.2, -0.15) is 0 Å². The minimum Gasteiger partial charge on any atom is -0.497 e. The van der Waals surface area contributed by atoms with Gasteiger partial charge in [0, 0.05) is 39.3 Å². The van der Waals surface area contributed by atoms with Crippen LogP contribution in [0.15, 0.2) is 42.5 Å². The summed E-state index contributed by atoms with van der Waals surface area (Å²) in [5, 5.41) is 3.41. The summed E-state index contributed by atoms with van der Waals surface area (Å²) < 4.78 is 28.9. The largest absolute Gasteiger partial charge is 0.497 e.